The van der Waals surface area contributed by atoms with Crippen molar-refractivity contribution in [3.63, 3.8) is 0 Å². The van der Waals surface area contributed by atoms with E-state index in [1.54, 1.807) is 0 Å². The van der Waals surface area contributed by atoms with E-state index in [-0.39, 0.29) is 5.41 Å². The number of benzene rings is 3. The van der Waals surface area contributed by atoms with Gasteiger partial charge in [-0.1, -0.05) is 50.2 Å². The lowest BCUT2D eigenvalue weighted by Gasteiger charge is -2.32. The molecule has 0 amide bonds. The molecule has 0 spiro atoms. The normalized spacial score (nSPS) is 26.1. The van der Waals surface area contributed by atoms with Crippen LogP contribution in [0, 0.1) is 11.3 Å². The Morgan fingerprint density at radius 3 is 1.30 bits per heavy atom. The summed E-state index contributed by atoms with van der Waals surface area (Å²) in [6.45, 7) is 23.2. The summed E-state index contributed by atoms with van der Waals surface area (Å²) in [7, 11) is -0.886. The third-order valence-corrected chi connectivity index (χ3v) is 11.5. The Labute approximate surface area is 257 Å². The highest BCUT2D eigenvalue weighted by molar-refractivity contribution is 6.62. The molecule has 2 fully saturated rings. The monoisotopic (exact) mass is 573 g/mol. The number of fused-ring (bicyclic) bond motifs is 6. The molecule has 0 aromatic heterocycles. The number of rotatable bonds is 2. The van der Waals surface area contributed by atoms with Gasteiger partial charge in [-0.05, 0) is 130 Å². The van der Waals surface area contributed by atoms with Crippen molar-refractivity contribution in [2.75, 3.05) is 0 Å². The third kappa shape index (κ3) is 3.74. The van der Waals surface area contributed by atoms with Crippen molar-refractivity contribution in [3.05, 3.63) is 70.8 Å². The molecule has 7 rings (SSSR count). The average Bonchev–Trinajstić information content (AvgIpc) is 3.49. The summed E-state index contributed by atoms with van der Waals surface area (Å²) >= 11 is 0. The molecule has 2 heterocycles. The van der Waals surface area contributed by atoms with Crippen LogP contribution in [0.25, 0.3) is 22.3 Å². The summed E-state index contributed by atoms with van der Waals surface area (Å²) in [6, 6.07) is 20.3. The van der Waals surface area contributed by atoms with Gasteiger partial charge in [-0.3, -0.25) is 0 Å². The summed E-state index contributed by atoms with van der Waals surface area (Å²) in [5, 5.41) is 10.7. The molecular weight excluding hydrogens is 532 g/mol. The zero-order valence-electron chi connectivity index (χ0n) is 27.4. The van der Waals surface area contributed by atoms with Crippen LogP contribution in [0.4, 0.5) is 0 Å². The first-order chi connectivity index (χ1) is 19.8. The highest BCUT2D eigenvalue weighted by atomic mass is 16.7. The maximum atomic E-state index is 10.7. The van der Waals surface area contributed by atoms with Crippen LogP contribution in [0.5, 0.6) is 0 Å². The van der Waals surface area contributed by atoms with Gasteiger partial charge in [0.2, 0.25) is 0 Å². The largest absolute Gasteiger partial charge is 0.494 e. The Balaban J connectivity index is 1.30. The van der Waals surface area contributed by atoms with Gasteiger partial charge in [-0.15, -0.1) is 0 Å². The fourth-order valence-corrected chi connectivity index (χ4v) is 7.16. The molecule has 1 unspecified atom stereocenters. The Kier molecular flexibility index (Phi) is 5.66. The van der Waals surface area contributed by atoms with Crippen molar-refractivity contribution in [2.45, 2.75) is 109 Å². The zero-order valence-corrected chi connectivity index (χ0v) is 27.4. The fraction of sp³-hybridized carbons (Fsp3) is 0.472. The van der Waals surface area contributed by atoms with E-state index in [1.165, 1.54) is 22.3 Å². The van der Waals surface area contributed by atoms with E-state index in [1.807, 2.05) is 6.92 Å². The van der Waals surface area contributed by atoms with Gasteiger partial charge in [0, 0.05) is 5.41 Å². The molecule has 5 nitrogen and oxygen atoms in total. The molecular formula is C36H41B2NO4. The second-order valence-electron chi connectivity index (χ2n) is 15.6. The molecule has 43 heavy (non-hydrogen) atoms. The predicted molar refractivity (Wildman–Crippen MR) is 173 cm³/mol. The number of nitriles is 1. The first-order valence-electron chi connectivity index (χ1n) is 15.4. The number of hydrogen-bond donors (Lipinski definition) is 0. The van der Waals surface area contributed by atoms with E-state index in [4.69, 9.17) is 18.6 Å². The lowest BCUT2D eigenvalue weighted by molar-refractivity contribution is 0.00578. The molecule has 7 heteroatoms. The maximum absolute atomic E-state index is 10.7. The van der Waals surface area contributed by atoms with Crippen molar-refractivity contribution in [1.82, 2.24) is 0 Å². The minimum Gasteiger partial charge on any atom is -0.399 e. The van der Waals surface area contributed by atoms with E-state index in [0.29, 0.717) is 0 Å². The Morgan fingerprint density at radius 2 is 0.837 bits per heavy atom. The smallest absolute Gasteiger partial charge is 0.399 e. The summed E-state index contributed by atoms with van der Waals surface area (Å²) in [4.78, 5) is 0. The van der Waals surface area contributed by atoms with Gasteiger partial charge in [0.15, 0.2) is 0 Å². The molecule has 2 saturated heterocycles. The van der Waals surface area contributed by atoms with Gasteiger partial charge in [-0.25, -0.2) is 0 Å². The van der Waals surface area contributed by atoms with E-state index < -0.39 is 42.1 Å². The van der Waals surface area contributed by atoms with Crippen molar-refractivity contribution in [1.29, 1.82) is 5.26 Å². The molecule has 0 N–H and O–H groups in total. The van der Waals surface area contributed by atoms with Crippen LogP contribution in [-0.2, 0) is 29.4 Å². The van der Waals surface area contributed by atoms with Crippen LogP contribution in [0.15, 0.2) is 48.5 Å². The second kappa shape index (κ2) is 8.43. The molecule has 4 aliphatic rings. The predicted octanol–water partition coefficient (Wildman–Crippen LogP) is 6.40. The van der Waals surface area contributed by atoms with Crippen molar-refractivity contribution >= 4 is 25.2 Å². The summed E-state index contributed by atoms with van der Waals surface area (Å²) in [5.74, 6) is 0. The van der Waals surface area contributed by atoms with Gasteiger partial charge in [0.1, 0.15) is 5.41 Å². The highest BCUT2D eigenvalue weighted by Crippen LogP contribution is 2.56. The molecule has 2 aliphatic heterocycles. The Hall–Kier alpha value is -2.88. The quantitative estimate of drug-likeness (QED) is 0.332. The van der Waals surface area contributed by atoms with Crippen LogP contribution in [-0.4, -0.2) is 36.6 Å². The first-order valence-corrected chi connectivity index (χ1v) is 15.4. The van der Waals surface area contributed by atoms with Crippen LogP contribution in [0.3, 0.4) is 0 Å². The molecule has 2 aliphatic carbocycles. The van der Waals surface area contributed by atoms with E-state index in [0.717, 1.165) is 33.2 Å². The first kappa shape index (κ1) is 28.9. The van der Waals surface area contributed by atoms with Crippen LogP contribution < -0.4 is 10.9 Å². The zero-order chi connectivity index (χ0) is 31.1. The molecule has 0 radical (unpaired) electrons. The van der Waals surface area contributed by atoms with Crippen molar-refractivity contribution in [2.24, 2.45) is 0 Å². The summed E-state index contributed by atoms with van der Waals surface area (Å²) in [5.41, 5.74) is 8.53. The minimum atomic E-state index is -0.797. The van der Waals surface area contributed by atoms with Gasteiger partial charge in [0.25, 0.3) is 0 Å². The second-order valence-corrected chi connectivity index (χ2v) is 15.6. The average molecular weight is 573 g/mol. The molecule has 3 aromatic rings. The van der Waals surface area contributed by atoms with Gasteiger partial charge < -0.3 is 18.6 Å². The van der Waals surface area contributed by atoms with Crippen LogP contribution >= 0.6 is 0 Å². The number of nitrogens with zero attached hydrogens (tertiary/aromatic N) is 1. The fourth-order valence-electron chi connectivity index (χ4n) is 7.16. The molecule has 1 atom stereocenters. The maximum Gasteiger partial charge on any atom is 0.494 e. The summed E-state index contributed by atoms with van der Waals surface area (Å²) in [6.07, 6.45) is 0. The SMILES string of the molecule is CC1(C)c2cc(B3OC(C)(C)C(C)(C)O3)ccc2-c2cc3c(cc21)-c1ccc(B2OC(C)(C)C(C)(C)O2)cc1C3(C)C#N. The molecule has 0 saturated carbocycles. The standard InChI is InChI=1S/C36H41B2NO4/c1-31(2)27-16-21(37-40-32(3,4)33(5,6)41-37)12-14-23(27)25-19-30-26(18-28(25)31)24-15-13-22(17-29(24)36(30,11)20-39)38-42-34(7,8)35(9,10)43-38/h12-19H,1-11H3. The minimum absolute atomic E-state index is 0.228. The lowest BCUT2D eigenvalue weighted by Crippen LogP contribution is -2.41. The van der Waals surface area contributed by atoms with E-state index in [9.17, 15) is 5.26 Å². The van der Waals surface area contributed by atoms with Crippen LogP contribution in [0.2, 0.25) is 0 Å². The third-order valence-electron chi connectivity index (χ3n) is 11.5. The lowest BCUT2D eigenvalue weighted by atomic mass is 9.74. The van der Waals surface area contributed by atoms with Crippen LogP contribution in [0.1, 0.15) is 98.4 Å². The van der Waals surface area contributed by atoms with Gasteiger partial charge in [0.05, 0.1) is 28.5 Å². The molecule has 220 valence electrons. The summed E-state index contributed by atoms with van der Waals surface area (Å²) < 4.78 is 25.5. The van der Waals surface area contributed by atoms with E-state index in [2.05, 4.69) is 124 Å². The highest BCUT2D eigenvalue weighted by Gasteiger charge is 2.54. The Morgan fingerprint density at radius 1 is 0.488 bits per heavy atom. The van der Waals surface area contributed by atoms with Gasteiger partial charge in [-0.2, -0.15) is 5.26 Å². The van der Waals surface area contributed by atoms with E-state index >= 15 is 0 Å². The molecule has 0 bridgehead atoms. The van der Waals surface area contributed by atoms with Gasteiger partial charge >= 0.3 is 14.2 Å². The number of hydrogen-bond acceptors (Lipinski definition) is 5. The topological polar surface area (TPSA) is 60.7 Å². The Bertz CT molecular complexity index is 1730. The van der Waals surface area contributed by atoms with Crippen molar-refractivity contribution < 1.29 is 18.6 Å². The molecule has 3 aromatic carbocycles. The van der Waals surface area contributed by atoms with Crippen molar-refractivity contribution in [3.8, 4) is 28.3 Å².